The highest BCUT2D eigenvalue weighted by atomic mass is 32.2. The van der Waals surface area contributed by atoms with Gasteiger partial charge in [0.15, 0.2) is 0 Å². The van der Waals surface area contributed by atoms with E-state index in [4.69, 9.17) is 0 Å². The second kappa shape index (κ2) is 5.22. The van der Waals surface area contributed by atoms with Crippen molar-refractivity contribution in [2.45, 2.75) is 11.8 Å². The number of rotatable bonds is 3. The van der Waals surface area contributed by atoms with Gasteiger partial charge < -0.3 is 9.13 Å². The average Bonchev–Trinajstić information content (AvgIpc) is 2.42. The predicted molar refractivity (Wildman–Crippen MR) is 78.6 cm³/mol. The Hall–Kier alpha value is -1.53. The van der Waals surface area contributed by atoms with Crippen LogP contribution in [0.25, 0.3) is 11.0 Å². The minimum atomic E-state index is -0.499. The molecule has 19 heavy (non-hydrogen) atoms. The molecule has 0 fully saturated rings. The van der Waals surface area contributed by atoms with Crippen molar-refractivity contribution < 1.29 is 0 Å². The Morgan fingerprint density at radius 1 is 1.11 bits per heavy atom. The number of aryl methyl sites for hydroxylation is 2. The summed E-state index contributed by atoms with van der Waals surface area (Å²) in [4.78, 5) is 24.6. The van der Waals surface area contributed by atoms with Crippen LogP contribution in [0.15, 0.2) is 32.7 Å². The molecule has 1 heterocycles. The molecule has 1 aromatic carbocycles. The number of benzene rings is 1. The van der Waals surface area contributed by atoms with Crippen LogP contribution >= 0.6 is 11.9 Å². The van der Waals surface area contributed by atoms with Gasteiger partial charge in [-0.15, -0.1) is 0 Å². The largest absolute Gasteiger partial charge is 0.316 e. The Morgan fingerprint density at radius 3 is 2.26 bits per heavy atom. The van der Waals surface area contributed by atoms with Crippen molar-refractivity contribution in [2.24, 2.45) is 14.1 Å². The molecule has 2 rings (SSSR count). The van der Waals surface area contributed by atoms with Crippen molar-refractivity contribution in [3.8, 4) is 0 Å². The van der Waals surface area contributed by atoms with Crippen molar-refractivity contribution >= 4 is 23.0 Å². The van der Waals surface area contributed by atoms with Gasteiger partial charge >= 0.3 is 11.1 Å². The van der Waals surface area contributed by atoms with Gasteiger partial charge in [0, 0.05) is 25.5 Å². The summed E-state index contributed by atoms with van der Waals surface area (Å²) in [7, 11) is 5.26. The fraction of sp³-hybridized carbons (Fsp3) is 0.385. The number of hydrogen-bond donors (Lipinski definition) is 0. The first-order valence-corrected chi connectivity index (χ1v) is 6.82. The van der Waals surface area contributed by atoms with Gasteiger partial charge in [-0.1, -0.05) is 6.92 Å². The molecule has 0 bridgehead atoms. The third-order valence-electron chi connectivity index (χ3n) is 3.17. The summed E-state index contributed by atoms with van der Waals surface area (Å²) in [6, 6.07) is 5.78. The van der Waals surface area contributed by atoms with E-state index in [1.807, 2.05) is 25.2 Å². The van der Waals surface area contributed by atoms with Gasteiger partial charge in [0.1, 0.15) is 0 Å². The first kappa shape index (κ1) is 13.9. The van der Waals surface area contributed by atoms with Crippen molar-refractivity contribution in [2.75, 3.05) is 13.6 Å². The fourth-order valence-corrected chi connectivity index (χ4v) is 2.64. The van der Waals surface area contributed by atoms with Gasteiger partial charge in [-0.3, -0.25) is 9.59 Å². The first-order chi connectivity index (χ1) is 8.95. The van der Waals surface area contributed by atoms with Gasteiger partial charge in [0.25, 0.3) is 0 Å². The minimum Gasteiger partial charge on any atom is -0.305 e. The summed E-state index contributed by atoms with van der Waals surface area (Å²) < 4.78 is 4.91. The minimum absolute atomic E-state index is 0.499. The molecule has 0 amide bonds. The van der Waals surface area contributed by atoms with E-state index in [1.54, 1.807) is 26.0 Å². The standard InChI is InChI=1S/C13H17N3O2S/c1-5-14(2)19-9-6-7-10-11(8-9)16(4)13(18)12(17)15(10)3/h6-8H,5H2,1-4H3. The van der Waals surface area contributed by atoms with E-state index in [2.05, 4.69) is 11.2 Å². The molecule has 0 N–H and O–H groups in total. The highest BCUT2D eigenvalue weighted by molar-refractivity contribution is 7.97. The Bertz CT molecular complexity index is 733. The third-order valence-corrected chi connectivity index (χ3v) is 4.20. The maximum Gasteiger partial charge on any atom is 0.316 e. The third kappa shape index (κ3) is 2.46. The Kier molecular flexibility index (Phi) is 3.82. The van der Waals surface area contributed by atoms with E-state index < -0.39 is 11.1 Å². The zero-order valence-corrected chi connectivity index (χ0v) is 12.3. The number of nitrogens with zero attached hydrogens (tertiary/aromatic N) is 3. The maximum absolute atomic E-state index is 11.8. The van der Waals surface area contributed by atoms with Gasteiger partial charge in [-0.05, 0) is 37.2 Å². The molecule has 0 saturated carbocycles. The lowest BCUT2D eigenvalue weighted by Crippen LogP contribution is -2.39. The van der Waals surface area contributed by atoms with E-state index >= 15 is 0 Å². The summed E-state index contributed by atoms with van der Waals surface area (Å²) in [5, 5.41) is 0. The molecule has 102 valence electrons. The lowest BCUT2D eigenvalue weighted by atomic mass is 10.3. The molecular formula is C13H17N3O2S. The van der Waals surface area contributed by atoms with Crippen molar-refractivity contribution in [3.63, 3.8) is 0 Å². The molecule has 0 aliphatic heterocycles. The van der Waals surface area contributed by atoms with Crippen LogP contribution in [-0.4, -0.2) is 27.0 Å². The molecule has 0 spiro atoms. The zero-order valence-electron chi connectivity index (χ0n) is 11.5. The van der Waals surface area contributed by atoms with Crippen LogP contribution in [0.5, 0.6) is 0 Å². The fourth-order valence-electron chi connectivity index (χ4n) is 1.86. The quantitative estimate of drug-likeness (QED) is 0.625. The topological polar surface area (TPSA) is 47.2 Å². The van der Waals surface area contributed by atoms with E-state index in [9.17, 15) is 9.59 Å². The molecule has 1 aromatic heterocycles. The molecule has 0 aliphatic carbocycles. The summed E-state index contributed by atoms with van der Waals surface area (Å²) in [5.41, 5.74) is 0.527. The normalized spacial score (nSPS) is 11.4. The Labute approximate surface area is 115 Å². The summed E-state index contributed by atoms with van der Waals surface area (Å²) in [6.07, 6.45) is 0. The SMILES string of the molecule is CCN(C)Sc1ccc2c(c1)n(C)c(=O)c(=O)n2C. The number of hydrogen-bond acceptors (Lipinski definition) is 4. The van der Waals surface area contributed by atoms with Crippen LogP contribution in [0, 0.1) is 0 Å². The highest BCUT2D eigenvalue weighted by Crippen LogP contribution is 2.23. The second-order valence-electron chi connectivity index (χ2n) is 4.41. The summed E-state index contributed by atoms with van der Waals surface area (Å²) in [5.74, 6) is 0. The monoisotopic (exact) mass is 279 g/mol. The smallest absolute Gasteiger partial charge is 0.305 e. The molecule has 0 saturated heterocycles. The van der Waals surface area contributed by atoms with Crippen molar-refractivity contribution in [1.29, 1.82) is 0 Å². The molecular weight excluding hydrogens is 262 g/mol. The molecule has 0 atom stereocenters. The lowest BCUT2D eigenvalue weighted by Gasteiger charge is -2.14. The molecule has 2 aromatic rings. The van der Waals surface area contributed by atoms with Crippen LogP contribution in [-0.2, 0) is 14.1 Å². The molecule has 6 heteroatoms. The maximum atomic E-state index is 11.8. The van der Waals surface area contributed by atoms with Crippen LogP contribution in [0.3, 0.4) is 0 Å². The zero-order chi connectivity index (χ0) is 14.2. The van der Waals surface area contributed by atoms with E-state index in [-0.39, 0.29) is 0 Å². The predicted octanol–water partition coefficient (Wildman–Crippen LogP) is 1.20. The second-order valence-corrected chi connectivity index (χ2v) is 5.69. The van der Waals surface area contributed by atoms with Crippen LogP contribution in [0.1, 0.15) is 6.92 Å². The van der Waals surface area contributed by atoms with Gasteiger partial charge in [-0.25, -0.2) is 4.31 Å². The van der Waals surface area contributed by atoms with Crippen LogP contribution < -0.4 is 11.1 Å². The van der Waals surface area contributed by atoms with Crippen LogP contribution in [0.2, 0.25) is 0 Å². The van der Waals surface area contributed by atoms with Gasteiger partial charge in [0.2, 0.25) is 0 Å². The summed E-state index contributed by atoms with van der Waals surface area (Å²) in [6.45, 7) is 3.00. The lowest BCUT2D eigenvalue weighted by molar-refractivity contribution is 0.602. The highest BCUT2D eigenvalue weighted by Gasteiger charge is 2.09. The summed E-state index contributed by atoms with van der Waals surface area (Å²) >= 11 is 1.61. The van der Waals surface area contributed by atoms with E-state index in [1.165, 1.54) is 9.13 Å². The Balaban J connectivity index is 2.67. The van der Waals surface area contributed by atoms with Gasteiger partial charge in [0.05, 0.1) is 11.0 Å². The molecule has 5 nitrogen and oxygen atoms in total. The first-order valence-electron chi connectivity index (χ1n) is 6.04. The molecule has 0 radical (unpaired) electrons. The average molecular weight is 279 g/mol. The molecule has 0 aliphatic rings. The number of fused-ring (bicyclic) bond motifs is 1. The van der Waals surface area contributed by atoms with Gasteiger partial charge in [-0.2, -0.15) is 0 Å². The number of aromatic nitrogens is 2. The molecule has 0 unspecified atom stereocenters. The van der Waals surface area contributed by atoms with Crippen LogP contribution in [0.4, 0.5) is 0 Å². The van der Waals surface area contributed by atoms with E-state index in [0.717, 1.165) is 22.5 Å². The van der Waals surface area contributed by atoms with Crippen molar-refractivity contribution in [3.05, 3.63) is 38.9 Å². The van der Waals surface area contributed by atoms with E-state index in [0.29, 0.717) is 0 Å². The van der Waals surface area contributed by atoms with Crippen molar-refractivity contribution in [1.82, 2.24) is 13.4 Å². The Morgan fingerprint density at radius 2 is 1.68 bits per heavy atom.